The summed E-state index contributed by atoms with van der Waals surface area (Å²) >= 11 is 0. The van der Waals surface area contributed by atoms with E-state index < -0.39 is 0 Å². The van der Waals surface area contributed by atoms with Crippen molar-refractivity contribution in [2.75, 3.05) is 0 Å². The lowest BCUT2D eigenvalue weighted by atomic mass is 10.1. The fourth-order valence-corrected chi connectivity index (χ4v) is 5.74. The van der Waals surface area contributed by atoms with E-state index in [1.54, 1.807) is 0 Å². The van der Waals surface area contributed by atoms with Crippen molar-refractivity contribution in [2.45, 2.75) is 0 Å². The molecule has 0 unspecified atom stereocenters. The van der Waals surface area contributed by atoms with E-state index in [0.717, 1.165) is 76.8 Å². The molecule has 36 heavy (non-hydrogen) atoms. The summed E-state index contributed by atoms with van der Waals surface area (Å²) in [4.78, 5) is 4.99. The van der Waals surface area contributed by atoms with Crippen LogP contribution in [0.4, 0.5) is 0 Å². The topological polar surface area (TPSA) is 57.2 Å². The van der Waals surface area contributed by atoms with Gasteiger partial charge in [0.2, 0.25) is 0 Å². The zero-order chi connectivity index (χ0) is 23.4. The summed E-state index contributed by atoms with van der Waals surface area (Å²) in [5.41, 5.74) is 6.90. The summed E-state index contributed by atoms with van der Waals surface area (Å²) < 4.78 is 21.0. The zero-order valence-electron chi connectivity index (χ0n) is 18.9. The molecule has 5 aromatic carbocycles. The first-order valence-corrected chi connectivity index (χ1v) is 11.9. The molecule has 168 valence electrons. The Hall–Kier alpha value is -5.03. The summed E-state index contributed by atoms with van der Waals surface area (Å²) in [5.74, 6) is 0. The van der Waals surface area contributed by atoms with Crippen LogP contribution in [0.15, 0.2) is 110 Å². The molecule has 0 fully saturated rings. The third kappa shape index (κ3) is 2.18. The second-order valence-electron chi connectivity index (χ2n) is 9.17. The average Bonchev–Trinajstić information content (AvgIpc) is 3.66. The van der Waals surface area contributed by atoms with Crippen LogP contribution < -0.4 is 0 Å². The van der Waals surface area contributed by atoms with E-state index in [4.69, 9.17) is 18.2 Å². The largest absolute Gasteiger partial charge is 0.456 e. The van der Waals surface area contributed by atoms with Crippen molar-refractivity contribution in [1.82, 2.24) is 9.55 Å². The van der Waals surface area contributed by atoms with Gasteiger partial charge >= 0.3 is 6.01 Å². The number of oxazole rings is 1. The number of nitrogens with zero attached hydrogens (tertiary/aromatic N) is 2. The van der Waals surface area contributed by atoms with Gasteiger partial charge in [0, 0.05) is 21.5 Å². The van der Waals surface area contributed by atoms with Crippen LogP contribution in [0.1, 0.15) is 0 Å². The van der Waals surface area contributed by atoms with Crippen LogP contribution in [0.2, 0.25) is 0 Å². The molecule has 4 heterocycles. The normalized spacial score (nSPS) is 12.4. The van der Waals surface area contributed by atoms with Crippen LogP contribution in [0.25, 0.3) is 82.8 Å². The fourth-order valence-electron chi connectivity index (χ4n) is 5.74. The van der Waals surface area contributed by atoms with Gasteiger partial charge in [0.15, 0.2) is 5.58 Å². The highest BCUT2D eigenvalue weighted by atomic mass is 16.4. The molecule has 0 bridgehead atoms. The lowest BCUT2D eigenvalue weighted by Gasteiger charge is -2.03. The Labute approximate surface area is 202 Å². The highest BCUT2D eigenvalue weighted by Crippen LogP contribution is 2.42. The monoisotopic (exact) mass is 464 g/mol. The summed E-state index contributed by atoms with van der Waals surface area (Å²) in [6, 6.07) is 33.2. The van der Waals surface area contributed by atoms with Gasteiger partial charge in [-0.3, -0.25) is 4.57 Å². The maximum atomic E-state index is 6.61. The predicted octanol–water partition coefficient (Wildman–Crippen LogP) is 8.72. The SMILES string of the molecule is c1ccc2c(c1)oc1ccc3nc(-n4c5ccccc5c5ccc6oc7ccccc7c6c54)oc3c12. The second kappa shape index (κ2) is 6.34. The molecule has 0 atom stereocenters. The third-order valence-electron chi connectivity index (χ3n) is 7.25. The van der Waals surface area contributed by atoms with Crippen molar-refractivity contribution in [3.05, 3.63) is 97.1 Å². The van der Waals surface area contributed by atoms with Crippen molar-refractivity contribution in [1.29, 1.82) is 0 Å². The van der Waals surface area contributed by atoms with Gasteiger partial charge in [0.25, 0.3) is 0 Å². The number of para-hydroxylation sites is 3. The predicted molar refractivity (Wildman–Crippen MR) is 143 cm³/mol. The Bertz CT molecular complexity index is 2330. The number of hydrogen-bond donors (Lipinski definition) is 0. The number of aromatic nitrogens is 2. The Kier molecular flexibility index (Phi) is 3.23. The van der Waals surface area contributed by atoms with Gasteiger partial charge in [-0.1, -0.05) is 54.6 Å². The first-order valence-electron chi connectivity index (χ1n) is 11.9. The van der Waals surface area contributed by atoms with E-state index in [9.17, 15) is 0 Å². The van der Waals surface area contributed by atoms with Gasteiger partial charge in [0.05, 0.1) is 21.8 Å². The summed E-state index contributed by atoms with van der Waals surface area (Å²) in [7, 11) is 0. The van der Waals surface area contributed by atoms with E-state index in [2.05, 4.69) is 47.0 Å². The van der Waals surface area contributed by atoms with Gasteiger partial charge in [0.1, 0.15) is 27.8 Å². The van der Waals surface area contributed by atoms with Crippen molar-refractivity contribution in [3.63, 3.8) is 0 Å². The molecule has 9 rings (SSSR count). The maximum absolute atomic E-state index is 6.61. The summed E-state index contributed by atoms with van der Waals surface area (Å²) in [6.45, 7) is 0. The van der Waals surface area contributed by atoms with Crippen molar-refractivity contribution >= 4 is 76.8 Å². The molecule has 5 nitrogen and oxygen atoms in total. The zero-order valence-corrected chi connectivity index (χ0v) is 18.9. The van der Waals surface area contributed by atoms with E-state index in [0.29, 0.717) is 6.01 Å². The molecule has 0 amide bonds. The first kappa shape index (κ1) is 18.3. The van der Waals surface area contributed by atoms with Crippen molar-refractivity contribution in [2.24, 2.45) is 0 Å². The quantitative estimate of drug-likeness (QED) is 0.244. The van der Waals surface area contributed by atoms with Gasteiger partial charge in [-0.2, -0.15) is 4.98 Å². The molecule has 4 aromatic heterocycles. The molecule has 0 saturated carbocycles. The Morgan fingerprint density at radius 1 is 0.500 bits per heavy atom. The molecule has 9 aromatic rings. The highest BCUT2D eigenvalue weighted by molar-refractivity contribution is 6.24. The first-order chi connectivity index (χ1) is 17.8. The number of benzene rings is 5. The average molecular weight is 464 g/mol. The number of hydrogen-bond acceptors (Lipinski definition) is 4. The second-order valence-corrected chi connectivity index (χ2v) is 9.17. The Balaban J connectivity index is 1.49. The number of fused-ring (bicyclic) bond motifs is 12. The van der Waals surface area contributed by atoms with Crippen LogP contribution in [0.3, 0.4) is 0 Å². The number of furan rings is 2. The fraction of sp³-hybridized carbons (Fsp3) is 0. The number of rotatable bonds is 1. The smallest absolute Gasteiger partial charge is 0.307 e. The molecular weight excluding hydrogens is 448 g/mol. The van der Waals surface area contributed by atoms with Crippen molar-refractivity contribution in [3.8, 4) is 6.01 Å². The summed E-state index contributed by atoms with van der Waals surface area (Å²) in [6.07, 6.45) is 0. The van der Waals surface area contributed by atoms with Crippen LogP contribution in [0, 0.1) is 0 Å². The standard InChI is InChI=1S/C31H16N2O3/c1-4-10-22-17(7-1)18-13-15-25-27(19-8-2-5-11-23(19)34-25)29(18)33(22)31-32-21-14-16-26-28(30(21)36-31)20-9-3-6-12-24(20)35-26/h1-16H. The highest BCUT2D eigenvalue weighted by Gasteiger charge is 2.22. The van der Waals surface area contributed by atoms with E-state index in [1.807, 2.05) is 54.6 Å². The van der Waals surface area contributed by atoms with Gasteiger partial charge in [-0.25, -0.2) is 0 Å². The van der Waals surface area contributed by atoms with Gasteiger partial charge < -0.3 is 13.3 Å². The Morgan fingerprint density at radius 2 is 1.14 bits per heavy atom. The maximum Gasteiger partial charge on any atom is 0.307 e. The minimum Gasteiger partial charge on any atom is -0.456 e. The molecule has 0 radical (unpaired) electrons. The molecule has 5 heteroatoms. The lowest BCUT2D eigenvalue weighted by Crippen LogP contribution is -1.94. The van der Waals surface area contributed by atoms with E-state index >= 15 is 0 Å². The molecule has 0 aliphatic heterocycles. The molecule has 0 saturated heterocycles. The molecule has 0 aliphatic carbocycles. The van der Waals surface area contributed by atoms with Crippen molar-refractivity contribution < 1.29 is 13.3 Å². The van der Waals surface area contributed by atoms with Crippen LogP contribution in [-0.4, -0.2) is 9.55 Å². The summed E-state index contributed by atoms with van der Waals surface area (Å²) in [5, 5.41) is 6.36. The van der Waals surface area contributed by atoms with E-state index in [-0.39, 0.29) is 0 Å². The lowest BCUT2D eigenvalue weighted by molar-refractivity contribution is 0.577. The minimum atomic E-state index is 0.520. The van der Waals surface area contributed by atoms with Gasteiger partial charge in [-0.15, -0.1) is 0 Å². The molecule has 0 aliphatic rings. The third-order valence-corrected chi connectivity index (χ3v) is 7.25. The van der Waals surface area contributed by atoms with Crippen LogP contribution in [0.5, 0.6) is 0 Å². The molecule has 0 N–H and O–H groups in total. The van der Waals surface area contributed by atoms with Gasteiger partial charge in [-0.05, 0) is 42.5 Å². The Morgan fingerprint density at radius 3 is 1.94 bits per heavy atom. The molecular formula is C31H16N2O3. The van der Waals surface area contributed by atoms with E-state index in [1.165, 1.54) is 0 Å². The van der Waals surface area contributed by atoms with Crippen LogP contribution in [-0.2, 0) is 0 Å². The minimum absolute atomic E-state index is 0.520. The molecule has 0 spiro atoms. The van der Waals surface area contributed by atoms with Crippen LogP contribution >= 0.6 is 0 Å².